The molecule has 18 heavy (non-hydrogen) atoms. The zero-order valence-electron chi connectivity index (χ0n) is 9.61. The maximum Gasteiger partial charge on any atom is 0.153 e. The Bertz CT molecular complexity index is 575. The van der Waals surface area contributed by atoms with E-state index in [9.17, 15) is 4.39 Å². The van der Waals surface area contributed by atoms with E-state index in [-0.39, 0.29) is 16.5 Å². The summed E-state index contributed by atoms with van der Waals surface area (Å²) in [6.07, 6.45) is 0. The summed E-state index contributed by atoms with van der Waals surface area (Å²) in [5, 5.41) is -0.0366. The highest BCUT2D eigenvalue weighted by Crippen LogP contribution is 2.32. The van der Waals surface area contributed by atoms with Gasteiger partial charge in [-0.15, -0.1) is 0 Å². The van der Waals surface area contributed by atoms with E-state index < -0.39 is 5.82 Å². The van der Waals surface area contributed by atoms with Crippen LogP contribution in [-0.4, -0.2) is 7.11 Å². The van der Waals surface area contributed by atoms with Crippen molar-refractivity contribution in [1.29, 1.82) is 0 Å². The number of ether oxygens (including phenoxy) is 2. The van der Waals surface area contributed by atoms with Gasteiger partial charge in [-0.05, 0) is 18.2 Å². The third-order valence-corrected chi connectivity index (χ3v) is 2.61. The predicted molar refractivity (Wildman–Crippen MR) is 68.9 cm³/mol. The van der Waals surface area contributed by atoms with Crippen molar-refractivity contribution in [2.45, 2.75) is 0 Å². The Morgan fingerprint density at radius 1 is 1.17 bits per heavy atom. The Hall–Kier alpha value is -1.94. The summed E-state index contributed by atoms with van der Waals surface area (Å²) in [7, 11) is 1.55. The highest BCUT2D eigenvalue weighted by molar-refractivity contribution is 6.31. The van der Waals surface area contributed by atoms with Gasteiger partial charge in [0.2, 0.25) is 0 Å². The first kappa shape index (κ1) is 12.5. The summed E-state index contributed by atoms with van der Waals surface area (Å²) in [6.45, 7) is 0. The Labute approximate surface area is 109 Å². The van der Waals surface area contributed by atoms with E-state index in [0.717, 1.165) is 6.07 Å². The Kier molecular flexibility index (Phi) is 3.58. The topological polar surface area (TPSA) is 44.5 Å². The molecular weight excluding hydrogens is 257 g/mol. The average molecular weight is 268 g/mol. The van der Waals surface area contributed by atoms with Gasteiger partial charge in [-0.3, -0.25) is 0 Å². The SMILES string of the molecule is COc1cccc(Oc2cc(F)c(Cl)cc2N)c1. The predicted octanol–water partition coefficient (Wildman–Crippen LogP) is 3.86. The van der Waals surface area contributed by atoms with Gasteiger partial charge >= 0.3 is 0 Å². The van der Waals surface area contributed by atoms with E-state index in [0.29, 0.717) is 11.5 Å². The molecule has 0 saturated carbocycles. The summed E-state index contributed by atoms with van der Waals surface area (Å²) in [4.78, 5) is 0. The molecule has 0 aromatic heterocycles. The lowest BCUT2D eigenvalue weighted by Gasteiger charge is -2.10. The largest absolute Gasteiger partial charge is 0.497 e. The highest BCUT2D eigenvalue weighted by atomic mass is 35.5. The van der Waals surface area contributed by atoms with Crippen molar-refractivity contribution < 1.29 is 13.9 Å². The zero-order chi connectivity index (χ0) is 13.1. The van der Waals surface area contributed by atoms with Crippen LogP contribution in [0, 0.1) is 5.82 Å². The molecule has 0 atom stereocenters. The van der Waals surface area contributed by atoms with Crippen LogP contribution in [0.25, 0.3) is 0 Å². The van der Waals surface area contributed by atoms with Crippen molar-refractivity contribution in [2.24, 2.45) is 0 Å². The molecule has 3 nitrogen and oxygen atoms in total. The quantitative estimate of drug-likeness (QED) is 0.859. The molecule has 2 aromatic rings. The van der Waals surface area contributed by atoms with Gasteiger partial charge in [0.05, 0.1) is 17.8 Å². The number of hydrogen-bond acceptors (Lipinski definition) is 3. The molecule has 0 amide bonds. The lowest BCUT2D eigenvalue weighted by molar-refractivity contribution is 0.409. The molecular formula is C13H11ClFNO2. The Morgan fingerprint density at radius 2 is 1.89 bits per heavy atom. The van der Waals surface area contributed by atoms with Crippen LogP contribution in [0.15, 0.2) is 36.4 Å². The normalized spacial score (nSPS) is 10.2. The van der Waals surface area contributed by atoms with Gasteiger partial charge in [-0.25, -0.2) is 4.39 Å². The number of anilines is 1. The fourth-order valence-corrected chi connectivity index (χ4v) is 1.60. The van der Waals surface area contributed by atoms with E-state index in [1.165, 1.54) is 6.07 Å². The summed E-state index contributed by atoms with van der Waals surface area (Å²) in [5.74, 6) is 0.775. The van der Waals surface area contributed by atoms with Gasteiger partial charge in [0.1, 0.15) is 17.3 Å². The monoisotopic (exact) mass is 267 g/mol. The molecule has 2 rings (SSSR count). The fraction of sp³-hybridized carbons (Fsp3) is 0.0769. The maximum absolute atomic E-state index is 13.3. The maximum atomic E-state index is 13.3. The first-order valence-electron chi connectivity index (χ1n) is 5.16. The van der Waals surface area contributed by atoms with Crippen LogP contribution in [0.4, 0.5) is 10.1 Å². The van der Waals surface area contributed by atoms with Gasteiger partial charge in [0.25, 0.3) is 0 Å². The summed E-state index contributed by atoms with van der Waals surface area (Å²) in [6, 6.07) is 9.39. The molecule has 0 radical (unpaired) electrons. The number of rotatable bonds is 3. The molecule has 0 aliphatic carbocycles. The fourth-order valence-electron chi connectivity index (χ4n) is 1.42. The van der Waals surface area contributed by atoms with Crippen molar-refractivity contribution in [1.82, 2.24) is 0 Å². The lowest BCUT2D eigenvalue weighted by atomic mass is 10.3. The van der Waals surface area contributed by atoms with E-state index in [1.807, 2.05) is 0 Å². The molecule has 2 aromatic carbocycles. The Morgan fingerprint density at radius 3 is 2.61 bits per heavy atom. The van der Waals surface area contributed by atoms with Crippen LogP contribution in [0.5, 0.6) is 17.2 Å². The molecule has 0 bridgehead atoms. The van der Waals surface area contributed by atoms with E-state index >= 15 is 0 Å². The second-order valence-corrected chi connectivity index (χ2v) is 3.99. The van der Waals surface area contributed by atoms with Crippen molar-refractivity contribution in [3.05, 3.63) is 47.2 Å². The number of halogens is 2. The average Bonchev–Trinajstić information content (AvgIpc) is 2.36. The molecule has 0 aliphatic rings. The second-order valence-electron chi connectivity index (χ2n) is 3.59. The third kappa shape index (κ3) is 2.65. The van der Waals surface area contributed by atoms with Crippen LogP contribution in [0.1, 0.15) is 0 Å². The van der Waals surface area contributed by atoms with E-state index in [4.69, 9.17) is 26.8 Å². The van der Waals surface area contributed by atoms with Gasteiger partial charge in [-0.2, -0.15) is 0 Å². The molecule has 2 N–H and O–H groups in total. The smallest absolute Gasteiger partial charge is 0.153 e. The minimum absolute atomic E-state index is 0.0366. The van der Waals surface area contributed by atoms with Crippen molar-refractivity contribution in [2.75, 3.05) is 12.8 Å². The molecule has 94 valence electrons. The minimum atomic E-state index is -0.580. The summed E-state index contributed by atoms with van der Waals surface area (Å²) < 4.78 is 23.9. The van der Waals surface area contributed by atoms with Crippen LogP contribution in [-0.2, 0) is 0 Å². The second kappa shape index (κ2) is 5.14. The molecule has 5 heteroatoms. The summed E-state index contributed by atoms with van der Waals surface area (Å²) >= 11 is 5.61. The number of nitrogen functional groups attached to an aromatic ring is 1. The number of methoxy groups -OCH3 is 1. The van der Waals surface area contributed by atoms with Crippen molar-refractivity contribution in [3.63, 3.8) is 0 Å². The summed E-state index contributed by atoms with van der Waals surface area (Å²) in [5.41, 5.74) is 5.97. The van der Waals surface area contributed by atoms with Crippen LogP contribution in [0.2, 0.25) is 5.02 Å². The molecule has 0 unspecified atom stereocenters. The number of benzene rings is 2. The van der Waals surface area contributed by atoms with Crippen molar-refractivity contribution in [3.8, 4) is 17.2 Å². The van der Waals surface area contributed by atoms with Gasteiger partial charge in [0, 0.05) is 12.1 Å². The lowest BCUT2D eigenvalue weighted by Crippen LogP contribution is -1.94. The molecule has 0 aliphatic heterocycles. The highest BCUT2D eigenvalue weighted by Gasteiger charge is 2.08. The minimum Gasteiger partial charge on any atom is -0.497 e. The first-order valence-corrected chi connectivity index (χ1v) is 5.54. The molecule has 0 saturated heterocycles. The Balaban J connectivity index is 2.30. The van der Waals surface area contributed by atoms with Crippen LogP contribution in [0.3, 0.4) is 0 Å². The number of hydrogen-bond donors (Lipinski definition) is 1. The zero-order valence-corrected chi connectivity index (χ0v) is 10.4. The third-order valence-electron chi connectivity index (χ3n) is 2.32. The van der Waals surface area contributed by atoms with Gasteiger partial charge in [-0.1, -0.05) is 17.7 Å². The van der Waals surface area contributed by atoms with Crippen LogP contribution < -0.4 is 15.2 Å². The van der Waals surface area contributed by atoms with Crippen LogP contribution >= 0.6 is 11.6 Å². The van der Waals surface area contributed by atoms with Gasteiger partial charge in [0.15, 0.2) is 5.75 Å². The van der Waals surface area contributed by atoms with E-state index in [1.54, 1.807) is 31.4 Å². The van der Waals surface area contributed by atoms with E-state index in [2.05, 4.69) is 0 Å². The molecule has 0 heterocycles. The molecule has 0 spiro atoms. The first-order chi connectivity index (χ1) is 8.60. The number of nitrogens with two attached hydrogens (primary N) is 1. The molecule has 0 fully saturated rings. The van der Waals surface area contributed by atoms with Crippen molar-refractivity contribution >= 4 is 17.3 Å². The van der Waals surface area contributed by atoms with Gasteiger partial charge < -0.3 is 15.2 Å². The standard InChI is InChI=1S/C13H11ClFNO2/c1-17-8-3-2-4-9(5-8)18-13-7-11(15)10(14)6-12(13)16/h2-7H,16H2,1H3.